The van der Waals surface area contributed by atoms with Gasteiger partial charge in [0.1, 0.15) is 0 Å². The van der Waals surface area contributed by atoms with Gasteiger partial charge in [-0.3, -0.25) is 9.59 Å². The molecule has 0 aromatic carbocycles. The normalized spacial score (nSPS) is 11.2. The Hall–Kier alpha value is -1.72. The van der Waals surface area contributed by atoms with Crippen LogP contribution in [-0.2, 0) is 17.3 Å². The number of amides is 1. The zero-order valence-electron chi connectivity index (χ0n) is 11.4. The van der Waals surface area contributed by atoms with Crippen LogP contribution in [0.15, 0.2) is 11.0 Å². The Morgan fingerprint density at radius 1 is 1.44 bits per heavy atom. The summed E-state index contributed by atoms with van der Waals surface area (Å²) < 4.78 is 1.77. The molecule has 0 aliphatic rings. The van der Waals surface area contributed by atoms with Gasteiger partial charge in [-0.25, -0.2) is 0 Å². The van der Waals surface area contributed by atoms with E-state index in [0.29, 0.717) is 5.56 Å². The van der Waals surface area contributed by atoms with Crippen molar-refractivity contribution in [2.45, 2.75) is 26.2 Å². The highest BCUT2D eigenvalue weighted by Crippen LogP contribution is 2.24. The molecule has 0 aliphatic carbocycles. The highest BCUT2D eigenvalue weighted by Gasteiger charge is 2.34. The largest absolute Gasteiger partial charge is 0.433 e. The first-order valence-corrected chi connectivity index (χ1v) is 5.66. The van der Waals surface area contributed by atoms with Crippen molar-refractivity contribution in [3.63, 3.8) is 0 Å². The summed E-state index contributed by atoms with van der Waals surface area (Å²) in [6.07, 6.45) is 1.61. The molecule has 2 radical (unpaired) electrons. The standard InChI is InChI=1S/C12H18BN3O2/c1-7-9(12(2,3)11(18)14-4)10(17)8(15-13)6-16(7)5/h6,15H,1-5H3,(H,14,18). The average Bonchev–Trinajstić information content (AvgIpc) is 2.32. The zero-order chi connectivity index (χ0) is 14.1. The second-order valence-corrected chi connectivity index (χ2v) is 4.79. The Morgan fingerprint density at radius 3 is 2.44 bits per heavy atom. The van der Waals surface area contributed by atoms with E-state index in [0.717, 1.165) is 5.69 Å². The molecule has 96 valence electrons. The average molecular weight is 247 g/mol. The fraction of sp³-hybridized carbons (Fsp3) is 0.500. The van der Waals surface area contributed by atoms with Crippen LogP contribution in [-0.4, -0.2) is 25.5 Å². The van der Waals surface area contributed by atoms with Crippen molar-refractivity contribution < 1.29 is 4.79 Å². The van der Waals surface area contributed by atoms with E-state index in [4.69, 9.17) is 7.98 Å². The summed E-state index contributed by atoms with van der Waals surface area (Å²) >= 11 is 0. The first kappa shape index (κ1) is 14.3. The van der Waals surface area contributed by atoms with Crippen molar-refractivity contribution >= 4 is 19.6 Å². The lowest BCUT2D eigenvalue weighted by Crippen LogP contribution is -2.42. The molecular weight excluding hydrogens is 229 g/mol. The van der Waals surface area contributed by atoms with Crippen molar-refractivity contribution in [3.8, 4) is 0 Å². The van der Waals surface area contributed by atoms with Gasteiger partial charge in [-0.1, -0.05) is 0 Å². The third kappa shape index (κ3) is 2.14. The van der Waals surface area contributed by atoms with Crippen molar-refractivity contribution in [1.82, 2.24) is 9.88 Å². The molecule has 0 saturated carbocycles. The van der Waals surface area contributed by atoms with Gasteiger partial charge in [0, 0.05) is 31.5 Å². The van der Waals surface area contributed by atoms with Gasteiger partial charge in [0.05, 0.1) is 11.1 Å². The summed E-state index contributed by atoms with van der Waals surface area (Å²) in [6, 6.07) is 0. The smallest absolute Gasteiger partial charge is 0.230 e. The fourth-order valence-corrected chi connectivity index (χ4v) is 2.09. The van der Waals surface area contributed by atoms with E-state index >= 15 is 0 Å². The molecule has 0 bridgehead atoms. The second-order valence-electron chi connectivity index (χ2n) is 4.79. The molecule has 1 rings (SSSR count). The number of carbonyl (C=O) groups excluding carboxylic acids is 1. The SMILES string of the molecule is [B]Nc1cn(C)c(C)c(C(C)(C)C(=O)NC)c1=O. The summed E-state index contributed by atoms with van der Waals surface area (Å²) in [5.41, 5.74) is 0.296. The van der Waals surface area contributed by atoms with Gasteiger partial charge in [-0.15, -0.1) is 0 Å². The lowest BCUT2D eigenvalue weighted by atomic mass is 9.82. The summed E-state index contributed by atoms with van der Waals surface area (Å²) in [5.74, 6) is -0.211. The molecule has 2 N–H and O–H groups in total. The Bertz CT molecular complexity index is 535. The number of anilines is 1. The van der Waals surface area contributed by atoms with Crippen LogP contribution >= 0.6 is 0 Å². The molecule has 1 heterocycles. The van der Waals surface area contributed by atoms with Crippen LogP contribution in [0.5, 0.6) is 0 Å². The summed E-state index contributed by atoms with van der Waals surface area (Å²) in [5, 5.41) is 4.94. The van der Waals surface area contributed by atoms with E-state index in [1.54, 1.807) is 38.7 Å². The third-order valence-electron chi connectivity index (χ3n) is 3.26. The predicted octanol–water partition coefficient (Wildman–Crippen LogP) is 0.213. The maximum atomic E-state index is 12.3. The van der Waals surface area contributed by atoms with E-state index in [-0.39, 0.29) is 17.0 Å². The molecule has 18 heavy (non-hydrogen) atoms. The van der Waals surface area contributed by atoms with E-state index in [9.17, 15) is 9.59 Å². The van der Waals surface area contributed by atoms with E-state index in [1.807, 2.05) is 6.92 Å². The molecule has 0 unspecified atom stereocenters. The molecule has 0 spiro atoms. The number of rotatable bonds is 3. The number of nitrogens with zero attached hydrogens (tertiary/aromatic N) is 1. The van der Waals surface area contributed by atoms with Crippen LogP contribution in [0.25, 0.3) is 0 Å². The van der Waals surface area contributed by atoms with Crippen LogP contribution in [0, 0.1) is 6.92 Å². The van der Waals surface area contributed by atoms with Gasteiger partial charge in [-0.2, -0.15) is 0 Å². The van der Waals surface area contributed by atoms with Gasteiger partial charge in [0.25, 0.3) is 0 Å². The van der Waals surface area contributed by atoms with Gasteiger partial charge < -0.3 is 15.1 Å². The lowest BCUT2D eigenvalue weighted by molar-refractivity contribution is -0.125. The third-order valence-corrected chi connectivity index (χ3v) is 3.26. The van der Waals surface area contributed by atoms with Gasteiger partial charge in [-0.05, 0) is 20.8 Å². The molecular formula is C12H18BN3O2. The maximum absolute atomic E-state index is 12.3. The number of likely N-dealkylation sites (N-methyl/N-ethyl adjacent to an activating group) is 1. The second kappa shape index (κ2) is 4.88. The Labute approximate surface area is 108 Å². The highest BCUT2D eigenvalue weighted by atomic mass is 16.2. The van der Waals surface area contributed by atoms with E-state index in [1.165, 1.54) is 0 Å². The van der Waals surface area contributed by atoms with Crippen molar-refractivity contribution in [3.05, 3.63) is 27.7 Å². The highest BCUT2D eigenvalue weighted by molar-refractivity contribution is 6.15. The van der Waals surface area contributed by atoms with Gasteiger partial charge >= 0.3 is 0 Å². The lowest BCUT2D eigenvalue weighted by Gasteiger charge is -2.26. The number of aryl methyl sites for hydroxylation is 1. The summed E-state index contributed by atoms with van der Waals surface area (Å²) in [7, 11) is 8.68. The Kier molecular flexibility index (Phi) is 3.89. The first-order chi connectivity index (χ1) is 8.27. The monoisotopic (exact) mass is 247 g/mol. The molecule has 1 amide bonds. The minimum absolute atomic E-state index is 0.211. The maximum Gasteiger partial charge on any atom is 0.230 e. The van der Waals surface area contributed by atoms with Crippen LogP contribution in [0.2, 0.25) is 0 Å². The fourth-order valence-electron chi connectivity index (χ4n) is 2.09. The number of hydrogen-bond donors (Lipinski definition) is 2. The predicted molar refractivity (Wildman–Crippen MR) is 72.9 cm³/mol. The molecule has 1 aromatic rings. The van der Waals surface area contributed by atoms with Gasteiger partial charge in [0.15, 0.2) is 0 Å². The molecule has 1 aromatic heterocycles. The van der Waals surface area contributed by atoms with Crippen LogP contribution < -0.4 is 16.0 Å². The van der Waals surface area contributed by atoms with Crippen molar-refractivity contribution in [2.75, 3.05) is 12.3 Å². The van der Waals surface area contributed by atoms with Crippen LogP contribution in [0.1, 0.15) is 25.1 Å². The first-order valence-electron chi connectivity index (χ1n) is 5.66. The Balaban J connectivity index is 3.64. The minimum atomic E-state index is -0.916. The quantitative estimate of drug-likeness (QED) is 0.750. The summed E-state index contributed by atoms with van der Waals surface area (Å²) in [4.78, 5) is 24.2. The van der Waals surface area contributed by atoms with Crippen molar-refractivity contribution in [1.29, 1.82) is 0 Å². The van der Waals surface area contributed by atoms with Crippen molar-refractivity contribution in [2.24, 2.45) is 7.05 Å². The van der Waals surface area contributed by atoms with E-state index in [2.05, 4.69) is 10.5 Å². The zero-order valence-corrected chi connectivity index (χ0v) is 11.4. The van der Waals surface area contributed by atoms with Crippen LogP contribution in [0.4, 0.5) is 5.69 Å². The number of carbonyl (C=O) groups is 1. The molecule has 5 nitrogen and oxygen atoms in total. The topological polar surface area (TPSA) is 63.1 Å². The molecule has 0 saturated heterocycles. The molecule has 0 fully saturated rings. The number of aromatic nitrogens is 1. The molecule has 0 atom stereocenters. The molecule has 6 heteroatoms. The Morgan fingerprint density at radius 2 is 2.00 bits per heavy atom. The number of hydrogen-bond acceptors (Lipinski definition) is 3. The minimum Gasteiger partial charge on any atom is -0.433 e. The van der Waals surface area contributed by atoms with Crippen LogP contribution in [0.3, 0.4) is 0 Å². The van der Waals surface area contributed by atoms with E-state index < -0.39 is 5.41 Å². The molecule has 0 aliphatic heterocycles. The number of nitrogens with one attached hydrogen (secondary N) is 2. The van der Waals surface area contributed by atoms with Gasteiger partial charge in [0.2, 0.25) is 19.3 Å². The number of pyridine rings is 1. The summed E-state index contributed by atoms with van der Waals surface area (Å²) in [6.45, 7) is 5.24.